The zero-order valence-corrected chi connectivity index (χ0v) is 19.0. The average molecular weight is 500 g/mol. The van der Waals surface area contributed by atoms with Gasteiger partial charge in [0.25, 0.3) is 5.91 Å². The van der Waals surface area contributed by atoms with E-state index in [2.05, 4.69) is 25.6 Å². The van der Waals surface area contributed by atoms with E-state index in [1.807, 2.05) is 41.3 Å². The fraction of sp³-hybridized carbons (Fsp3) is 0.263. The highest BCUT2D eigenvalue weighted by Gasteiger charge is 2.17. The van der Waals surface area contributed by atoms with Gasteiger partial charge in [-0.2, -0.15) is 13.1 Å². The molecule has 1 amide bonds. The van der Waals surface area contributed by atoms with E-state index in [1.165, 1.54) is 0 Å². The van der Waals surface area contributed by atoms with Crippen LogP contribution in [0.5, 0.6) is 0 Å². The molecule has 7 nitrogen and oxygen atoms in total. The van der Waals surface area contributed by atoms with Crippen LogP contribution in [-0.2, 0) is 16.8 Å². The first-order chi connectivity index (χ1) is 13.7. The van der Waals surface area contributed by atoms with Crippen molar-refractivity contribution in [1.82, 2.24) is 19.0 Å². The minimum Gasteiger partial charge on any atom is -0.324 e. The second kappa shape index (κ2) is 8.83. The fourth-order valence-corrected chi connectivity index (χ4v) is 4.50. The summed E-state index contributed by atoms with van der Waals surface area (Å²) >= 11 is 9.74. The Morgan fingerprint density at radius 3 is 2.69 bits per heavy atom. The highest BCUT2D eigenvalue weighted by Crippen LogP contribution is 2.25. The Kier molecular flexibility index (Phi) is 6.62. The lowest BCUT2D eigenvalue weighted by atomic mass is 10.2. The zero-order valence-electron chi connectivity index (χ0n) is 15.9. The Morgan fingerprint density at radius 1 is 1.24 bits per heavy atom. The lowest BCUT2D eigenvalue weighted by molar-refractivity contribution is 0.0981. The van der Waals surface area contributed by atoms with Crippen LogP contribution in [-0.4, -0.2) is 30.4 Å². The van der Waals surface area contributed by atoms with Crippen molar-refractivity contribution in [2.24, 2.45) is 0 Å². The number of fused-ring (bicyclic) bond motifs is 1. The molecule has 0 atom stereocenters. The Labute approximate surface area is 182 Å². The van der Waals surface area contributed by atoms with Crippen LogP contribution < -0.4 is 9.44 Å². The van der Waals surface area contributed by atoms with Crippen LogP contribution in [0.2, 0.25) is 5.02 Å². The van der Waals surface area contributed by atoms with Crippen molar-refractivity contribution in [2.75, 3.05) is 6.54 Å². The molecule has 0 bridgehead atoms. The normalized spacial score (nSPS) is 11.7. The van der Waals surface area contributed by atoms with E-state index in [1.54, 1.807) is 18.2 Å². The third kappa shape index (κ3) is 5.16. The van der Waals surface area contributed by atoms with Crippen LogP contribution in [0.1, 0.15) is 35.1 Å². The van der Waals surface area contributed by atoms with Gasteiger partial charge in [-0.15, -0.1) is 0 Å². The molecule has 1 aromatic heterocycles. The van der Waals surface area contributed by atoms with Crippen LogP contribution in [0.25, 0.3) is 11.0 Å². The highest BCUT2D eigenvalue weighted by atomic mass is 79.9. The molecule has 0 saturated heterocycles. The molecule has 29 heavy (non-hydrogen) atoms. The molecule has 2 N–H and O–H groups in total. The summed E-state index contributed by atoms with van der Waals surface area (Å²) in [5, 5.41) is 0.614. The maximum atomic E-state index is 12.4. The number of halogens is 2. The van der Waals surface area contributed by atoms with Gasteiger partial charge >= 0.3 is 10.2 Å². The molecule has 0 unspecified atom stereocenters. The lowest BCUT2D eigenvalue weighted by Crippen LogP contribution is -2.40. The van der Waals surface area contributed by atoms with Crippen molar-refractivity contribution in [2.45, 2.75) is 26.8 Å². The van der Waals surface area contributed by atoms with E-state index in [0.717, 1.165) is 15.9 Å². The minimum atomic E-state index is -3.90. The molecule has 2 aromatic carbocycles. The third-order valence-electron chi connectivity index (χ3n) is 4.31. The molecule has 1 heterocycles. The van der Waals surface area contributed by atoms with Gasteiger partial charge in [0.1, 0.15) is 5.82 Å². The second-order valence-corrected chi connectivity index (χ2v) is 9.34. The number of aromatic nitrogens is 2. The first-order valence-corrected chi connectivity index (χ1v) is 11.6. The topological polar surface area (TPSA) is 93.1 Å². The van der Waals surface area contributed by atoms with Gasteiger partial charge in [-0.3, -0.25) is 4.79 Å². The van der Waals surface area contributed by atoms with Crippen molar-refractivity contribution < 1.29 is 13.2 Å². The lowest BCUT2D eigenvalue weighted by Gasteiger charge is -2.10. The number of amides is 1. The molecule has 0 fully saturated rings. The third-order valence-corrected chi connectivity index (χ3v) is 6.20. The quantitative estimate of drug-likeness (QED) is 0.517. The number of rotatable bonds is 7. The van der Waals surface area contributed by atoms with Gasteiger partial charge in [0, 0.05) is 21.6 Å². The predicted octanol–water partition coefficient (Wildman–Crippen LogP) is 3.78. The van der Waals surface area contributed by atoms with E-state index in [4.69, 9.17) is 11.6 Å². The number of nitrogens with zero attached hydrogens (tertiary/aromatic N) is 2. The highest BCUT2D eigenvalue weighted by molar-refractivity contribution is 9.10. The smallest absolute Gasteiger partial charge is 0.301 e. The Morgan fingerprint density at radius 2 is 2.00 bits per heavy atom. The van der Waals surface area contributed by atoms with Crippen molar-refractivity contribution in [3.63, 3.8) is 0 Å². The maximum Gasteiger partial charge on any atom is 0.301 e. The van der Waals surface area contributed by atoms with Gasteiger partial charge in [0.15, 0.2) is 0 Å². The average Bonchev–Trinajstić information content (AvgIpc) is 2.96. The summed E-state index contributed by atoms with van der Waals surface area (Å²) in [4.78, 5) is 17.0. The van der Waals surface area contributed by atoms with Gasteiger partial charge in [0.05, 0.1) is 17.6 Å². The molecule has 0 aliphatic carbocycles. The van der Waals surface area contributed by atoms with Gasteiger partial charge in [-0.05, 0) is 49.2 Å². The van der Waals surface area contributed by atoms with Gasteiger partial charge in [-0.1, -0.05) is 40.5 Å². The van der Waals surface area contributed by atoms with Crippen molar-refractivity contribution in [3.05, 3.63) is 62.8 Å². The number of nitrogens with one attached hydrogen (secondary N) is 2. The molecule has 154 valence electrons. The fourth-order valence-electron chi connectivity index (χ4n) is 2.86. The Bertz CT molecular complexity index is 1180. The second-order valence-electron chi connectivity index (χ2n) is 6.51. The maximum absolute atomic E-state index is 12.4. The number of carbonyl (C=O) groups excluding carboxylic acids is 1. The Hall–Kier alpha value is -1.94. The predicted molar refractivity (Wildman–Crippen MR) is 117 cm³/mol. The summed E-state index contributed by atoms with van der Waals surface area (Å²) in [6.45, 7) is 4.42. The van der Waals surface area contributed by atoms with Crippen molar-refractivity contribution >= 4 is 54.7 Å². The summed E-state index contributed by atoms with van der Waals surface area (Å²) in [6.07, 6.45) is 0.623. The van der Waals surface area contributed by atoms with E-state index in [-0.39, 0.29) is 12.1 Å². The molecular weight excluding hydrogens is 480 g/mol. The number of carbonyl (C=O) groups is 1. The minimum absolute atomic E-state index is 0.224. The zero-order chi connectivity index (χ0) is 21.2. The van der Waals surface area contributed by atoms with Gasteiger partial charge in [-0.25, -0.2) is 9.71 Å². The molecular formula is C19H20BrClN4O3S. The molecule has 0 saturated carbocycles. The molecule has 10 heteroatoms. The van der Waals surface area contributed by atoms with Crippen LogP contribution in [0.15, 0.2) is 40.9 Å². The van der Waals surface area contributed by atoms with Crippen LogP contribution in [0.3, 0.4) is 0 Å². The summed E-state index contributed by atoms with van der Waals surface area (Å²) in [7, 11) is -3.90. The summed E-state index contributed by atoms with van der Waals surface area (Å²) in [6, 6.07) is 10.5. The molecule has 0 radical (unpaired) electrons. The van der Waals surface area contributed by atoms with Gasteiger partial charge in [0.2, 0.25) is 0 Å². The van der Waals surface area contributed by atoms with Crippen LogP contribution >= 0.6 is 27.5 Å². The number of benzene rings is 2. The molecule has 3 aromatic rings. The van der Waals surface area contributed by atoms with E-state index in [0.29, 0.717) is 29.0 Å². The monoisotopic (exact) mass is 498 g/mol. The number of imidazole rings is 1. The number of hydrogen-bond donors (Lipinski definition) is 2. The summed E-state index contributed by atoms with van der Waals surface area (Å²) < 4.78 is 31.0. The molecule has 0 aliphatic heterocycles. The SMILES string of the molecule is CCCNS(=O)(=O)NC(=O)c1ccc2nc(C)n(Cc3ccc(Br)cc3Cl)c2c1. The Balaban J connectivity index is 1.93. The summed E-state index contributed by atoms with van der Waals surface area (Å²) in [5.74, 6) is 0.0522. The molecule has 0 aliphatic rings. The standard InChI is InChI=1S/C19H20BrClN4O3S/c1-3-8-22-29(27,28)24-19(26)13-5-7-17-18(9-13)25(12(2)23-17)11-14-4-6-15(20)10-16(14)21/h4-7,9-10,22H,3,8,11H2,1-2H3,(H,24,26). The summed E-state index contributed by atoms with van der Waals surface area (Å²) in [5.41, 5.74) is 2.55. The van der Waals surface area contributed by atoms with E-state index in [9.17, 15) is 13.2 Å². The number of hydrogen-bond acceptors (Lipinski definition) is 4. The van der Waals surface area contributed by atoms with Crippen LogP contribution in [0, 0.1) is 6.92 Å². The first-order valence-electron chi connectivity index (χ1n) is 8.92. The van der Waals surface area contributed by atoms with Gasteiger partial charge < -0.3 is 4.57 Å². The first kappa shape index (κ1) is 21.8. The van der Waals surface area contributed by atoms with Crippen molar-refractivity contribution in [1.29, 1.82) is 0 Å². The van der Waals surface area contributed by atoms with Crippen molar-refractivity contribution in [3.8, 4) is 0 Å². The molecule has 0 spiro atoms. The van der Waals surface area contributed by atoms with E-state index >= 15 is 0 Å². The van der Waals surface area contributed by atoms with Crippen LogP contribution in [0.4, 0.5) is 0 Å². The van der Waals surface area contributed by atoms with E-state index < -0.39 is 16.1 Å². The molecule has 3 rings (SSSR count). The largest absolute Gasteiger partial charge is 0.324 e. The number of aryl methyl sites for hydroxylation is 1.